The van der Waals surface area contributed by atoms with Crippen molar-refractivity contribution in [2.24, 2.45) is 0 Å². The number of fused-ring (bicyclic) bond motifs is 1. The number of hydrogen-bond donors (Lipinski definition) is 0. The van der Waals surface area contributed by atoms with E-state index in [2.05, 4.69) is 0 Å². The minimum atomic E-state index is -1.26. The Bertz CT molecular complexity index is 1100. The van der Waals surface area contributed by atoms with Gasteiger partial charge in [0.15, 0.2) is 5.57 Å². The zero-order chi connectivity index (χ0) is 20.2. The van der Waals surface area contributed by atoms with E-state index in [9.17, 15) is 9.59 Å². The quantitative estimate of drug-likeness (QED) is 0.279. The molecule has 2 aliphatic rings. The fourth-order valence-electron chi connectivity index (χ4n) is 3.88. The summed E-state index contributed by atoms with van der Waals surface area (Å²) in [6, 6.07) is 23.9. The van der Waals surface area contributed by atoms with Crippen molar-refractivity contribution in [1.82, 2.24) is 0 Å². The smallest absolute Gasteiger partial charge is 0.349 e. The molecule has 142 valence electrons. The molecule has 1 saturated heterocycles. The molecule has 5 rings (SSSR count). The SMILES string of the molecule is CC1(C)OC(=O)C(=C2c3c(-c4ccccc4)ccc(-c4ccccc4)c32)C(=O)O1. The van der Waals surface area contributed by atoms with Crippen LogP contribution >= 0.6 is 0 Å². The average molecular weight is 382 g/mol. The van der Waals surface area contributed by atoms with E-state index >= 15 is 0 Å². The molecular weight excluding hydrogens is 364 g/mol. The van der Waals surface area contributed by atoms with Gasteiger partial charge in [-0.25, -0.2) is 9.59 Å². The van der Waals surface area contributed by atoms with E-state index in [1.807, 2.05) is 72.8 Å². The second-order valence-corrected chi connectivity index (χ2v) is 7.57. The maximum atomic E-state index is 12.7. The van der Waals surface area contributed by atoms with Crippen molar-refractivity contribution in [3.63, 3.8) is 0 Å². The largest absolute Gasteiger partial charge is 0.419 e. The first-order valence-electron chi connectivity index (χ1n) is 9.46. The van der Waals surface area contributed by atoms with Gasteiger partial charge in [0.1, 0.15) is 0 Å². The first-order chi connectivity index (χ1) is 14.0. The molecule has 3 aromatic rings. The van der Waals surface area contributed by atoms with Crippen LogP contribution in [-0.4, -0.2) is 17.7 Å². The Morgan fingerprint density at radius 2 is 1.00 bits per heavy atom. The first kappa shape index (κ1) is 17.4. The zero-order valence-corrected chi connectivity index (χ0v) is 16.1. The number of rotatable bonds is 2. The third-order valence-corrected chi connectivity index (χ3v) is 5.15. The number of cyclic esters (lactones) is 2. The van der Waals surface area contributed by atoms with Gasteiger partial charge >= 0.3 is 11.9 Å². The molecule has 0 bridgehead atoms. The minimum absolute atomic E-state index is 0.0279. The highest BCUT2D eigenvalue weighted by atomic mass is 16.7. The van der Waals surface area contributed by atoms with Crippen molar-refractivity contribution in [2.45, 2.75) is 19.6 Å². The van der Waals surface area contributed by atoms with Crippen LogP contribution in [-0.2, 0) is 19.1 Å². The van der Waals surface area contributed by atoms with E-state index in [0.29, 0.717) is 5.57 Å². The summed E-state index contributed by atoms with van der Waals surface area (Å²) < 4.78 is 10.7. The van der Waals surface area contributed by atoms with Gasteiger partial charge in [0.25, 0.3) is 5.79 Å². The molecule has 0 spiro atoms. The van der Waals surface area contributed by atoms with Crippen molar-refractivity contribution in [1.29, 1.82) is 0 Å². The molecule has 0 N–H and O–H groups in total. The highest BCUT2D eigenvalue weighted by Crippen LogP contribution is 2.55. The number of esters is 2. The fraction of sp³-hybridized carbons (Fsp3) is 0.120. The van der Waals surface area contributed by atoms with Gasteiger partial charge in [-0.15, -0.1) is 0 Å². The topological polar surface area (TPSA) is 52.6 Å². The molecule has 29 heavy (non-hydrogen) atoms. The van der Waals surface area contributed by atoms with Gasteiger partial charge < -0.3 is 9.47 Å². The van der Waals surface area contributed by atoms with Crippen molar-refractivity contribution < 1.29 is 19.1 Å². The third-order valence-electron chi connectivity index (χ3n) is 5.15. The van der Waals surface area contributed by atoms with Gasteiger partial charge in [0, 0.05) is 19.4 Å². The summed E-state index contributed by atoms with van der Waals surface area (Å²) in [6.07, 6.45) is 0. The van der Waals surface area contributed by atoms with E-state index < -0.39 is 17.7 Å². The summed E-state index contributed by atoms with van der Waals surface area (Å²) in [5, 5.41) is 0. The normalized spacial score (nSPS) is 16.8. The van der Waals surface area contributed by atoms with Gasteiger partial charge in [0.2, 0.25) is 0 Å². The van der Waals surface area contributed by atoms with Crippen LogP contribution in [0, 0.1) is 0 Å². The highest BCUT2D eigenvalue weighted by Gasteiger charge is 2.46. The third kappa shape index (κ3) is 2.85. The van der Waals surface area contributed by atoms with E-state index in [-0.39, 0.29) is 5.57 Å². The van der Waals surface area contributed by atoms with Crippen molar-refractivity contribution >= 4 is 17.5 Å². The lowest BCUT2D eigenvalue weighted by Crippen LogP contribution is -2.41. The Morgan fingerprint density at radius 3 is 1.41 bits per heavy atom. The maximum Gasteiger partial charge on any atom is 0.349 e. The van der Waals surface area contributed by atoms with Crippen LogP contribution in [0.15, 0.2) is 78.4 Å². The Hall–Kier alpha value is -3.66. The van der Waals surface area contributed by atoms with Crippen LogP contribution < -0.4 is 0 Å². The van der Waals surface area contributed by atoms with Crippen molar-refractivity contribution in [3.8, 4) is 22.3 Å². The van der Waals surface area contributed by atoms with Crippen LogP contribution in [0.4, 0.5) is 0 Å². The Balaban J connectivity index is 1.73. The lowest BCUT2D eigenvalue weighted by Gasteiger charge is -2.29. The van der Waals surface area contributed by atoms with Crippen molar-refractivity contribution in [3.05, 3.63) is 89.5 Å². The molecule has 4 nitrogen and oxygen atoms in total. The van der Waals surface area contributed by atoms with E-state index in [1.54, 1.807) is 13.8 Å². The molecule has 1 fully saturated rings. The molecule has 4 heteroatoms. The number of carbonyl (C=O) groups is 2. The molecule has 1 aliphatic heterocycles. The molecule has 0 saturated carbocycles. The van der Waals surface area contributed by atoms with E-state index in [1.165, 1.54) is 0 Å². The molecule has 0 amide bonds. The lowest BCUT2D eigenvalue weighted by molar-refractivity contribution is -0.222. The lowest BCUT2D eigenvalue weighted by atomic mass is 10.0. The molecule has 1 aliphatic carbocycles. The Kier molecular flexibility index (Phi) is 3.71. The predicted octanol–water partition coefficient (Wildman–Crippen LogP) is 4.97. The molecular formula is C25H18O4. The number of carbonyl (C=O) groups excluding carboxylic acids is 2. The number of benzene rings is 3. The first-order valence-corrected chi connectivity index (χ1v) is 9.46. The van der Waals surface area contributed by atoms with E-state index in [4.69, 9.17) is 9.47 Å². The van der Waals surface area contributed by atoms with Gasteiger partial charge in [-0.1, -0.05) is 72.8 Å². The maximum absolute atomic E-state index is 12.7. The van der Waals surface area contributed by atoms with Gasteiger partial charge in [-0.3, -0.25) is 0 Å². The molecule has 1 heterocycles. The minimum Gasteiger partial charge on any atom is -0.419 e. The van der Waals surface area contributed by atoms with Crippen LogP contribution in [0.3, 0.4) is 0 Å². The number of hydrogen-bond acceptors (Lipinski definition) is 4. The summed E-state index contributed by atoms with van der Waals surface area (Å²) in [4.78, 5) is 25.4. The van der Waals surface area contributed by atoms with Crippen LogP contribution in [0.2, 0.25) is 0 Å². The van der Waals surface area contributed by atoms with Gasteiger partial charge in [-0.05, 0) is 33.4 Å². The van der Waals surface area contributed by atoms with Crippen molar-refractivity contribution in [2.75, 3.05) is 0 Å². The van der Waals surface area contributed by atoms with Crippen LogP contribution in [0.5, 0.6) is 0 Å². The predicted molar refractivity (Wildman–Crippen MR) is 110 cm³/mol. The average Bonchev–Trinajstić information content (AvgIpc) is 3.42. The Morgan fingerprint density at radius 1 is 0.586 bits per heavy atom. The molecule has 3 aromatic carbocycles. The summed E-state index contributed by atoms with van der Waals surface area (Å²) in [5.41, 5.74) is 6.41. The summed E-state index contributed by atoms with van der Waals surface area (Å²) >= 11 is 0. The molecule has 0 aromatic heterocycles. The van der Waals surface area contributed by atoms with E-state index in [0.717, 1.165) is 33.4 Å². The molecule has 0 atom stereocenters. The zero-order valence-electron chi connectivity index (χ0n) is 16.1. The monoisotopic (exact) mass is 382 g/mol. The van der Waals surface area contributed by atoms with Gasteiger partial charge in [0.05, 0.1) is 0 Å². The molecule has 0 unspecified atom stereocenters. The molecule has 0 radical (unpaired) electrons. The standard InChI is InChI=1S/C25H18O4/c1-25(2)28-23(26)22(24(27)29-25)21-19-17(15-9-5-3-6-10-15)13-14-18(20(19)21)16-11-7-4-8-12-16/h3-14H,1-2H3. The summed E-state index contributed by atoms with van der Waals surface area (Å²) in [7, 11) is 0. The Labute approximate surface area is 168 Å². The summed E-state index contributed by atoms with van der Waals surface area (Å²) in [6.45, 7) is 3.10. The fourth-order valence-corrected chi connectivity index (χ4v) is 3.88. The highest BCUT2D eigenvalue weighted by molar-refractivity contribution is 6.30. The van der Waals surface area contributed by atoms with Gasteiger partial charge in [-0.2, -0.15) is 0 Å². The van der Waals surface area contributed by atoms with Crippen LogP contribution in [0.1, 0.15) is 25.0 Å². The number of ether oxygens (including phenoxy) is 2. The second kappa shape index (κ2) is 6.17. The second-order valence-electron chi connectivity index (χ2n) is 7.57. The van der Waals surface area contributed by atoms with Crippen LogP contribution in [0.25, 0.3) is 27.8 Å². The summed E-state index contributed by atoms with van der Waals surface area (Å²) in [5.74, 6) is -2.55.